The Balaban J connectivity index is 1.96. The lowest BCUT2D eigenvalue weighted by Gasteiger charge is -2.08. The lowest BCUT2D eigenvalue weighted by molar-refractivity contribution is 0.251. The smallest absolute Gasteiger partial charge is 0.319 e. The van der Waals surface area contributed by atoms with Crippen LogP contribution in [0.15, 0.2) is 53.4 Å². The molecule has 0 radical (unpaired) electrons. The van der Waals surface area contributed by atoms with Gasteiger partial charge in [0.1, 0.15) is 0 Å². The molecule has 0 heterocycles. The lowest BCUT2D eigenvalue weighted by atomic mass is 10.2. The van der Waals surface area contributed by atoms with Gasteiger partial charge in [0.2, 0.25) is 0 Å². The second-order valence-electron chi connectivity index (χ2n) is 4.44. The summed E-state index contributed by atoms with van der Waals surface area (Å²) >= 11 is 5.76. The average Bonchev–Trinajstić information content (AvgIpc) is 2.46. The molecule has 0 atom stereocenters. The first-order valence-corrected chi connectivity index (χ1v) is 8.03. The van der Waals surface area contributed by atoms with Gasteiger partial charge < -0.3 is 10.6 Å². The Bertz CT molecular complexity index is 776. The van der Waals surface area contributed by atoms with Crippen molar-refractivity contribution in [1.82, 2.24) is 5.32 Å². The number of nitrogens with one attached hydrogen (secondary N) is 2. The van der Waals surface area contributed by atoms with E-state index in [4.69, 9.17) is 16.2 Å². The fraction of sp³-hybridized carbons (Fsp3) is 0.0714. The van der Waals surface area contributed by atoms with Crippen molar-refractivity contribution >= 4 is 33.4 Å². The Labute approximate surface area is 132 Å². The first kappa shape index (κ1) is 16.3. The molecule has 0 fully saturated rings. The second kappa shape index (κ2) is 6.78. The molecule has 0 spiro atoms. The monoisotopic (exact) mass is 340 g/mol. The van der Waals surface area contributed by atoms with Crippen LogP contribution >= 0.6 is 11.6 Å². The third-order valence-electron chi connectivity index (χ3n) is 2.76. The number of hydrogen-bond acceptors (Lipinski definition) is 3. The molecule has 0 aromatic heterocycles. The number of hydrogen-bond donors (Lipinski definition) is 3. The first-order chi connectivity index (χ1) is 10.3. The summed E-state index contributed by atoms with van der Waals surface area (Å²) < 4.78 is 31.0. The summed E-state index contributed by atoms with van der Waals surface area (Å²) in [6, 6.07) is 11.8. The standard InChI is InChI=1S/C14H13ClN2O4S/c15-11-6-4-10(5-7-11)9-16-14(18)17-12-2-1-3-13(8-12)22(19,20)21/h1-8H,9H2,(H2,16,17,18)(H,19,20,21). The summed E-state index contributed by atoms with van der Waals surface area (Å²) in [4.78, 5) is 11.5. The van der Waals surface area contributed by atoms with E-state index in [2.05, 4.69) is 10.6 Å². The van der Waals surface area contributed by atoms with Crippen LogP contribution in [-0.4, -0.2) is 19.0 Å². The van der Waals surface area contributed by atoms with Gasteiger partial charge in [-0.15, -0.1) is 0 Å². The molecule has 0 aliphatic heterocycles. The second-order valence-corrected chi connectivity index (χ2v) is 6.30. The van der Waals surface area contributed by atoms with Crippen molar-refractivity contribution in [3.8, 4) is 0 Å². The van der Waals surface area contributed by atoms with Crippen LogP contribution in [0.25, 0.3) is 0 Å². The van der Waals surface area contributed by atoms with Crippen LogP contribution in [0.4, 0.5) is 10.5 Å². The van der Waals surface area contributed by atoms with Crippen LogP contribution in [0.5, 0.6) is 0 Å². The molecule has 0 unspecified atom stereocenters. The number of carbonyl (C=O) groups is 1. The van der Waals surface area contributed by atoms with Crippen molar-refractivity contribution in [1.29, 1.82) is 0 Å². The zero-order valence-electron chi connectivity index (χ0n) is 11.3. The number of halogens is 1. The zero-order chi connectivity index (χ0) is 16.2. The molecule has 0 saturated carbocycles. The van der Waals surface area contributed by atoms with E-state index in [0.29, 0.717) is 11.6 Å². The van der Waals surface area contributed by atoms with E-state index in [9.17, 15) is 13.2 Å². The SMILES string of the molecule is O=C(NCc1ccc(Cl)cc1)Nc1cccc(S(=O)(=O)O)c1. The predicted molar refractivity (Wildman–Crippen MR) is 83.6 cm³/mol. The van der Waals surface area contributed by atoms with Crippen LogP contribution in [0.2, 0.25) is 5.02 Å². The molecule has 8 heteroatoms. The minimum atomic E-state index is -4.30. The minimum absolute atomic E-state index is 0.253. The number of benzene rings is 2. The van der Waals surface area contributed by atoms with Crippen LogP contribution < -0.4 is 10.6 Å². The van der Waals surface area contributed by atoms with Gasteiger partial charge in [-0.1, -0.05) is 29.8 Å². The van der Waals surface area contributed by atoms with E-state index < -0.39 is 16.1 Å². The summed E-state index contributed by atoms with van der Waals surface area (Å²) in [6.45, 7) is 0.293. The normalized spacial score (nSPS) is 11.0. The van der Waals surface area contributed by atoms with Crippen LogP contribution in [0, 0.1) is 0 Å². The molecule has 0 bridgehead atoms. The molecule has 2 aromatic carbocycles. The van der Waals surface area contributed by atoms with Gasteiger partial charge >= 0.3 is 6.03 Å². The van der Waals surface area contributed by atoms with Gasteiger partial charge in [-0.05, 0) is 35.9 Å². The lowest BCUT2D eigenvalue weighted by Crippen LogP contribution is -2.28. The van der Waals surface area contributed by atoms with Crippen LogP contribution in [0.1, 0.15) is 5.56 Å². The Morgan fingerprint density at radius 1 is 1.14 bits per heavy atom. The van der Waals surface area contributed by atoms with Crippen molar-refractivity contribution in [3.05, 3.63) is 59.1 Å². The van der Waals surface area contributed by atoms with Crippen molar-refractivity contribution < 1.29 is 17.8 Å². The molecular formula is C14H13ClN2O4S. The summed E-state index contributed by atoms with van der Waals surface area (Å²) in [6.07, 6.45) is 0. The maximum atomic E-state index is 11.8. The first-order valence-electron chi connectivity index (χ1n) is 6.21. The number of carbonyl (C=O) groups excluding carboxylic acids is 1. The molecule has 22 heavy (non-hydrogen) atoms. The zero-order valence-corrected chi connectivity index (χ0v) is 12.9. The average molecular weight is 341 g/mol. The van der Waals surface area contributed by atoms with Crippen LogP contribution in [-0.2, 0) is 16.7 Å². The minimum Gasteiger partial charge on any atom is -0.334 e. The van der Waals surface area contributed by atoms with E-state index in [1.807, 2.05) is 0 Å². The molecule has 0 aliphatic rings. The maximum absolute atomic E-state index is 11.8. The quantitative estimate of drug-likeness (QED) is 0.746. The van der Waals surface area contributed by atoms with Crippen molar-refractivity contribution in [2.75, 3.05) is 5.32 Å². The molecular weight excluding hydrogens is 328 g/mol. The van der Waals surface area contributed by atoms with Gasteiger partial charge in [-0.25, -0.2) is 4.79 Å². The largest absolute Gasteiger partial charge is 0.334 e. The predicted octanol–water partition coefficient (Wildman–Crippen LogP) is 2.91. The molecule has 2 rings (SSSR count). The van der Waals surface area contributed by atoms with Crippen LogP contribution in [0.3, 0.4) is 0 Å². The van der Waals surface area contributed by atoms with E-state index >= 15 is 0 Å². The highest BCUT2D eigenvalue weighted by molar-refractivity contribution is 7.85. The Kier molecular flexibility index (Phi) is 5.02. The van der Waals surface area contributed by atoms with Gasteiger partial charge in [-0.3, -0.25) is 4.55 Å². The van der Waals surface area contributed by atoms with Gasteiger partial charge in [0.15, 0.2) is 0 Å². The summed E-state index contributed by atoms with van der Waals surface area (Å²) in [5, 5.41) is 5.71. The maximum Gasteiger partial charge on any atom is 0.319 e. The van der Waals surface area contributed by atoms with Gasteiger partial charge in [0, 0.05) is 17.3 Å². The highest BCUT2D eigenvalue weighted by atomic mass is 35.5. The molecule has 2 amide bonds. The molecule has 6 nitrogen and oxygen atoms in total. The highest BCUT2D eigenvalue weighted by Crippen LogP contribution is 2.15. The molecule has 3 N–H and O–H groups in total. The van der Waals surface area contributed by atoms with Gasteiger partial charge in [0.25, 0.3) is 10.1 Å². The topological polar surface area (TPSA) is 95.5 Å². The number of anilines is 1. The van der Waals surface area contributed by atoms with Crippen molar-refractivity contribution in [3.63, 3.8) is 0 Å². The Morgan fingerprint density at radius 2 is 1.82 bits per heavy atom. The molecule has 0 saturated heterocycles. The van der Waals surface area contributed by atoms with E-state index in [1.165, 1.54) is 18.2 Å². The van der Waals surface area contributed by atoms with E-state index in [-0.39, 0.29) is 10.6 Å². The number of rotatable bonds is 4. The van der Waals surface area contributed by atoms with E-state index in [0.717, 1.165) is 11.6 Å². The van der Waals surface area contributed by atoms with Crippen molar-refractivity contribution in [2.24, 2.45) is 0 Å². The third kappa shape index (κ3) is 4.73. The number of amides is 2. The fourth-order valence-electron chi connectivity index (χ4n) is 1.69. The molecule has 2 aromatic rings. The van der Waals surface area contributed by atoms with Gasteiger partial charge in [-0.2, -0.15) is 8.42 Å². The van der Waals surface area contributed by atoms with E-state index in [1.54, 1.807) is 24.3 Å². The number of urea groups is 1. The fourth-order valence-corrected chi connectivity index (χ4v) is 2.35. The van der Waals surface area contributed by atoms with Gasteiger partial charge in [0.05, 0.1) is 4.90 Å². The summed E-state index contributed by atoms with van der Waals surface area (Å²) in [7, 11) is -4.30. The molecule has 0 aliphatic carbocycles. The molecule has 116 valence electrons. The Morgan fingerprint density at radius 3 is 2.45 bits per heavy atom. The third-order valence-corrected chi connectivity index (χ3v) is 3.86. The highest BCUT2D eigenvalue weighted by Gasteiger charge is 2.10. The Hall–Kier alpha value is -2.09. The summed E-state index contributed by atoms with van der Waals surface area (Å²) in [5.74, 6) is 0. The summed E-state index contributed by atoms with van der Waals surface area (Å²) in [5.41, 5.74) is 1.12. The van der Waals surface area contributed by atoms with Crippen molar-refractivity contribution in [2.45, 2.75) is 11.4 Å².